The van der Waals surface area contributed by atoms with Gasteiger partial charge in [-0.25, -0.2) is 4.79 Å². The van der Waals surface area contributed by atoms with Gasteiger partial charge in [-0.15, -0.1) is 0 Å². The maximum atomic E-state index is 10.9. The zero-order valence-electron chi connectivity index (χ0n) is 13.3. The Kier molecular flexibility index (Phi) is 3.28. The number of carboxylic acids is 1. The van der Waals surface area contributed by atoms with E-state index in [0.29, 0.717) is 18.8 Å². The van der Waals surface area contributed by atoms with Gasteiger partial charge >= 0.3 is 5.97 Å². The smallest absolute Gasteiger partial charge is 0.371 e. The molecule has 2 aromatic rings. The third-order valence-corrected chi connectivity index (χ3v) is 4.39. The minimum absolute atomic E-state index is 0.00272. The number of carbonyl (C=O) groups is 1. The summed E-state index contributed by atoms with van der Waals surface area (Å²) in [6, 6.07) is 5.31. The van der Waals surface area contributed by atoms with Crippen molar-refractivity contribution in [3.63, 3.8) is 0 Å². The molecule has 0 saturated heterocycles. The standard InChI is InChI=1S/C18H20O4/c1-10-7-15-16(18(3,4)9-21-15)11(2)13(10)8-12-5-6-14(22-12)17(19)20/h5-7H,8-9H2,1-4H3,(H,19,20). The van der Waals surface area contributed by atoms with Gasteiger partial charge in [0.25, 0.3) is 0 Å². The highest BCUT2D eigenvalue weighted by Gasteiger charge is 2.34. The van der Waals surface area contributed by atoms with Crippen LogP contribution in [-0.4, -0.2) is 17.7 Å². The Labute approximate surface area is 129 Å². The van der Waals surface area contributed by atoms with Crippen LogP contribution in [-0.2, 0) is 11.8 Å². The summed E-state index contributed by atoms with van der Waals surface area (Å²) in [6.45, 7) is 9.22. The minimum Gasteiger partial charge on any atom is -0.492 e. The second-order valence-electron chi connectivity index (χ2n) is 6.59. The molecular weight excluding hydrogens is 280 g/mol. The molecule has 0 radical (unpaired) electrons. The average Bonchev–Trinajstić information content (AvgIpc) is 2.99. The third kappa shape index (κ3) is 2.28. The van der Waals surface area contributed by atoms with E-state index in [9.17, 15) is 4.79 Å². The minimum atomic E-state index is -1.04. The van der Waals surface area contributed by atoms with Crippen LogP contribution in [0.5, 0.6) is 5.75 Å². The molecule has 1 aliphatic heterocycles. The van der Waals surface area contributed by atoms with Gasteiger partial charge in [-0.1, -0.05) is 13.8 Å². The van der Waals surface area contributed by atoms with Crippen LogP contribution in [0.4, 0.5) is 0 Å². The molecule has 1 aromatic heterocycles. The molecule has 0 atom stereocenters. The summed E-state index contributed by atoms with van der Waals surface area (Å²) in [7, 11) is 0. The van der Waals surface area contributed by atoms with Crippen molar-refractivity contribution in [2.45, 2.75) is 39.5 Å². The SMILES string of the molecule is Cc1cc2c(c(C)c1Cc1ccc(C(=O)O)o1)C(C)(C)CO2. The lowest BCUT2D eigenvalue weighted by Crippen LogP contribution is -2.20. The van der Waals surface area contributed by atoms with E-state index in [1.165, 1.54) is 22.8 Å². The molecular formula is C18H20O4. The molecule has 0 fully saturated rings. The van der Waals surface area contributed by atoms with Crippen LogP contribution < -0.4 is 4.74 Å². The van der Waals surface area contributed by atoms with Crippen molar-refractivity contribution in [1.82, 2.24) is 0 Å². The Morgan fingerprint density at radius 3 is 2.68 bits per heavy atom. The summed E-state index contributed by atoms with van der Waals surface area (Å²) in [6.07, 6.45) is 0.592. The van der Waals surface area contributed by atoms with Gasteiger partial charge in [-0.2, -0.15) is 0 Å². The summed E-state index contributed by atoms with van der Waals surface area (Å²) in [5.41, 5.74) is 4.78. The van der Waals surface area contributed by atoms with E-state index in [2.05, 4.69) is 33.8 Å². The van der Waals surface area contributed by atoms with Gasteiger partial charge in [-0.3, -0.25) is 0 Å². The largest absolute Gasteiger partial charge is 0.492 e. The van der Waals surface area contributed by atoms with Gasteiger partial charge < -0.3 is 14.3 Å². The molecule has 0 unspecified atom stereocenters. The Bertz CT molecular complexity index is 753. The fourth-order valence-corrected chi connectivity index (χ4v) is 3.31. The number of aryl methyl sites for hydroxylation is 1. The van der Waals surface area contributed by atoms with Gasteiger partial charge in [0, 0.05) is 17.4 Å². The van der Waals surface area contributed by atoms with Crippen molar-refractivity contribution in [3.8, 4) is 5.75 Å². The van der Waals surface area contributed by atoms with Crippen molar-refractivity contribution >= 4 is 5.97 Å². The normalized spacial score (nSPS) is 15.5. The van der Waals surface area contributed by atoms with Gasteiger partial charge in [0.1, 0.15) is 11.5 Å². The van der Waals surface area contributed by atoms with E-state index in [1.54, 1.807) is 6.07 Å². The number of carboxylic acid groups (broad SMARTS) is 1. The summed E-state index contributed by atoms with van der Waals surface area (Å²) in [5, 5.41) is 8.96. The monoisotopic (exact) mass is 300 g/mol. The van der Waals surface area contributed by atoms with Crippen LogP contribution in [0, 0.1) is 13.8 Å². The second kappa shape index (κ2) is 4.90. The molecule has 4 nitrogen and oxygen atoms in total. The molecule has 0 amide bonds. The first-order chi connectivity index (χ1) is 10.3. The Morgan fingerprint density at radius 1 is 1.32 bits per heavy atom. The number of hydrogen-bond acceptors (Lipinski definition) is 3. The van der Waals surface area contributed by atoms with E-state index >= 15 is 0 Å². The highest BCUT2D eigenvalue weighted by molar-refractivity contribution is 5.84. The van der Waals surface area contributed by atoms with Crippen LogP contribution in [0.25, 0.3) is 0 Å². The first kappa shape index (κ1) is 14.7. The predicted molar refractivity (Wildman–Crippen MR) is 82.9 cm³/mol. The lowest BCUT2D eigenvalue weighted by molar-refractivity contribution is 0.0660. The van der Waals surface area contributed by atoms with Crippen LogP contribution in [0.1, 0.15) is 52.4 Å². The van der Waals surface area contributed by atoms with Crippen molar-refractivity contribution in [3.05, 3.63) is 52.0 Å². The molecule has 1 N–H and O–H groups in total. The van der Waals surface area contributed by atoms with Crippen molar-refractivity contribution < 1.29 is 19.1 Å². The zero-order valence-corrected chi connectivity index (χ0v) is 13.3. The van der Waals surface area contributed by atoms with E-state index in [0.717, 1.165) is 11.3 Å². The third-order valence-electron chi connectivity index (χ3n) is 4.39. The second-order valence-corrected chi connectivity index (χ2v) is 6.59. The first-order valence-electron chi connectivity index (χ1n) is 7.38. The van der Waals surface area contributed by atoms with Crippen LogP contribution in [0.2, 0.25) is 0 Å². The summed E-state index contributed by atoms with van der Waals surface area (Å²) < 4.78 is 11.2. The fraction of sp³-hybridized carbons (Fsp3) is 0.389. The predicted octanol–water partition coefficient (Wildman–Crippen LogP) is 3.86. The van der Waals surface area contributed by atoms with E-state index in [-0.39, 0.29) is 11.2 Å². The molecule has 0 saturated carbocycles. The Hall–Kier alpha value is -2.23. The molecule has 0 spiro atoms. The molecule has 116 valence electrons. The topological polar surface area (TPSA) is 59.7 Å². The molecule has 1 aliphatic rings. The van der Waals surface area contributed by atoms with Crippen LogP contribution in [0.15, 0.2) is 22.6 Å². The molecule has 1 aromatic carbocycles. The van der Waals surface area contributed by atoms with E-state index in [4.69, 9.17) is 14.3 Å². The number of hydrogen-bond donors (Lipinski definition) is 1. The molecule has 4 heteroatoms. The van der Waals surface area contributed by atoms with Gasteiger partial charge in [0.05, 0.1) is 6.61 Å². The van der Waals surface area contributed by atoms with Crippen molar-refractivity contribution in [2.75, 3.05) is 6.61 Å². The highest BCUT2D eigenvalue weighted by Crippen LogP contribution is 2.43. The summed E-state index contributed by atoms with van der Waals surface area (Å²) >= 11 is 0. The Balaban J connectivity index is 2.02. The van der Waals surface area contributed by atoms with Gasteiger partial charge in [0.2, 0.25) is 5.76 Å². The van der Waals surface area contributed by atoms with Crippen LogP contribution in [0.3, 0.4) is 0 Å². The maximum Gasteiger partial charge on any atom is 0.371 e. The van der Waals surface area contributed by atoms with E-state index < -0.39 is 5.97 Å². The fourth-order valence-electron chi connectivity index (χ4n) is 3.31. The number of ether oxygens (including phenoxy) is 1. The lowest BCUT2D eigenvalue weighted by atomic mass is 9.81. The van der Waals surface area contributed by atoms with Gasteiger partial charge in [-0.05, 0) is 48.7 Å². The van der Waals surface area contributed by atoms with Crippen molar-refractivity contribution in [2.24, 2.45) is 0 Å². The zero-order chi connectivity index (χ0) is 16.1. The number of rotatable bonds is 3. The van der Waals surface area contributed by atoms with E-state index in [1.807, 2.05) is 0 Å². The van der Waals surface area contributed by atoms with Crippen LogP contribution >= 0.6 is 0 Å². The molecule has 22 heavy (non-hydrogen) atoms. The summed E-state index contributed by atoms with van der Waals surface area (Å²) in [5.74, 6) is 0.577. The molecule has 0 bridgehead atoms. The Morgan fingerprint density at radius 2 is 2.05 bits per heavy atom. The number of fused-ring (bicyclic) bond motifs is 1. The molecule has 0 aliphatic carbocycles. The average molecular weight is 300 g/mol. The number of benzene rings is 1. The molecule has 2 heterocycles. The number of furan rings is 1. The number of aromatic carboxylic acids is 1. The van der Waals surface area contributed by atoms with Crippen molar-refractivity contribution in [1.29, 1.82) is 0 Å². The highest BCUT2D eigenvalue weighted by atomic mass is 16.5. The maximum absolute atomic E-state index is 10.9. The quantitative estimate of drug-likeness (QED) is 0.935. The summed E-state index contributed by atoms with van der Waals surface area (Å²) in [4.78, 5) is 10.9. The van der Waals surface area contributed by atoms with Gasteiger partial charge in [0.15, 0.2) is 0 Å². The lowest BCUT2D eigenvalue weighted by Gasteiger charge is -2.20. The molecule has 3 rings (SSSR count). The first-order valence-corrected chi connectivity index (χ1v) is 7.38.